The van der Waals surface area contributed by atoms with Crippen molar-refractivity contribution in [2.24, 2.45) is 23.7 Å². The van der Waals surface area contributed by atoms with Crippen molar-refractivity contribution in [3.05, 3.63) is 34.1 Å². The fourth-order valence-corrected chi connectivity index (χ4v) is 12.4. The lowest BCUT2D eigenvalue weighted by Crippen LogP contribution is -2.44. The highest BCUT2D eigenvalue weighted by Gasteiger charge is 2.51. The zero-order valence-corrected chi connectivity index (χ0v) is 23.5. The molecule has 36 heavy (non-hydrogen) atoms. The van der Waals surface area contributed by atoms with E-state index in [2.05, 4.69) is 23.6 Å². The lowest BCUT2D eigenvalue weighted by atomic mass is 9.69. The van der Waals surface area contributed by atoms with Gasteiger partial charge in [-0.05, 0) is 73.6 Å². The first-order valence-electron chi connectivity index (χ1n) is 14.6. The van der Waals surface area contributed by atoms with E-state index in [1.54, 1.807) is 0 Å². The number of fused-ring (bicyclic) bond motifs is 6. The Hall–Kier alpha value is -1.14. The van der Waals surface area contributed by atoms with Crippen LogP contribution in [0.25, 0.3) is 0 Å². The lowest BCUT2D eigenvalue weighted by molar-refractivity contribution is -0.535. The summed E-state index contributed by atoms with van der Waals surface area (Å²) in [5.74, 6) is 3.68. The van der Waals surface area contributed by atoms with Gasteiger partial charge in [-0.25, -0.2) is 4.58 Å². The van der Waals surface area contributed by atoms with Crippen molar-refractivity contribution in [3.8, 4) is 0 Å². The normalized spacial score (nSPS) is 44.5. The first kappa shape index (κ1) is 23.9. The quantitative estimate of drug-likeness (QED) is 0.339. The van der Waals surface area contributed by atoms with E-state index in [4.69, 9.17) is 0 Å². The predicted molar refractivity (Wildman–Crippen MR) is 149 cm³/mol. The van der Waals surface area contributed by atoms with E-state index in [0.29, 0.717) is 33.7 Å². The molecule has 7 aliphatic rings. The summed E-state index contributed by atoms with van der Waals surface area (Å²) in [6, 6.07) is 1.17. The number of aliphatic hydroxyl groups excluding tert-OH is 1. The molecule has 0 aromatic rings. The highest BCUT2D eigenvalue weighted by Crippen LogP contribution is 2.54. The Morgan fingerprint density at radius 1 is 0.861 bits per heavy atom. The molecule has 4 nitrogen and oxygen atoms in total. The summed E-state index contributed by atoms with van der Waals surface area (Å²) in [7, 11) is 4.40. The van der Waals surface area contributed by atoms with Crippen LogP contribution in [0.2, 0.25) is 0 Å². The van der Waals surface area contributed by atoms with Gasteiger partial charge >= 0.3 is 0 Å². The minimum atomic E-state index is 0.0197. The molecule has 5 aliphatic carbocycles. The van der Waals surface area contributed by atoms with E-state index < -0.39 is 0 Å². The van der Waals surface area contributed by atoms with Crippen LogP contribution in [0.4, 0.5) is 0 Å². The Labute approximate surface area is 224 Å². The number of Topliss-reactive ketones (excluding diaryl/α,β-unsaturated/α-hetero) is 1. The number of carbonyl (C=O) groups excluding carboxylic acids is 1. The Kier molecular flexibility index (Phi) is 6.15. The summed E-state index contributed by atoms with van der Waals surface area (Å²) < 4.78 is 2.41. The van der Waals surface area contributed by atoms with Gasteiger partial charge in [-0.3, -0.25) is 4.79 Å². The highest BCUT2D eigenvalue weighted by atomic mass is 32.2. The minimum absolute atomic E-state index is 0.0197. The smallest absolute Gasteiger partial charge is 0.236 e. The van der Waals surface area contributed by atoms with Gasteiger partial charge in [-0.1, -0.05) is 38.5 Å². The maximum atomic E-state index is 13.2. The maximum Gasteiger partial charge on any atom is 0.236 e. The van der Waals surface area contributed by atoms with Crippen molar-refractivity contribution in [2.45, 2.75) is 99.6 Å². The molecule has 194 valence electrons. The molecule has 2 aliphatic heterocycles. The Morgan fingerprint density at radius 3 is 2.25 bits per heavy atom. The minimum Gasteiger partial charge on any atom is -0.506 e. The van der Waals surface area contributed by atoms with Gasteiger partial charge in [0.2, 0.25) is 10.8 Å². The fraction of sp³-hybridized carbons (Fsp3) is 0.733. The van der Waals surface area contributed by atoms with Crippen LogP contribution in [0.3, 0.4) is 0 Å². The molecule has 8 unspecified atom stereocenters. The predicted octanol–water partition coefficient (Wildman–Crippen LogP) is 6.29. The summed E-state index contributed by atoms with van der Waals surface area (Å²) in [6.45, 7) is 0. The van der Waals surface area contributed by atoms with Crippen LogP contribution in [0.5, 0.6) is 0 Å². The molecule has 0 aromatic carbocycles. The summed E-state index contributed by atoms with van der Waals surface area (Å²) in [5.41, 5.74) is 1.04. The monoisotopic (exact) mass is 525 g/mol. The second kappa shape index (κ2) is 9.25. The van der Waals surface area contributed by atoms with E-state index in [1.807, 2.05) is 35.7 Å². The average molecular weight is 526 g/mol. The number of rotatable bonds is 2. The third-order valence-electron chi connectivity index (χ3n) is 10.9. The zero-order chi connectivity index (χ0) is 24.6. The summed E-state index contributed by atoms with van der Waals surface area (Å²) in [6.07, 6.45) is 20.4. The molecule has 0 radical (unpaired) electrons. The van der Waals surface area contributed by atoms with Crippen molar-refractivity contribution in [1.82, 2.24) is 4.90 Å². The molecule has 5 fully saturated rings. The second-order valence-corrected chi connectivity index (χ2v) is 15.0. The summed E-state index contributed by atoms with van der Waals surface area (Å²) >= 11 is 3.96. The molecule has 0 aromatic heterocycles. The molecule has 0 spiro atoms. The lowest BCUT2D eigenvalue weighted by Gasteiger charge is -2.43. The molecule has 7 rings (SSSR count). The van der Waals surface area contributed by atoms with Gasteiger partial charge in [0.1, 0.15) is 12.8 Å². The van der Waals surface area contributed by atoms with Crippen LogP contribution in [0, 0.1) is 23.7 Å². The molecule has 6 heteroatoms. The molecule has 8 atom stereocenters. The third kappa shape index (κ3) is 3.71. The number of hydrogen-bond acceptors (Lipinski definition) is 5. The van der Waals surface area contributed by atoms with Crippen LogP contribution in [0.1, 0.15) is 77.0 Å². The number of thioether (sulfide) groups is 2. The molecule has 2 heterocycles. The highest BCUT2D eigenvalue weighted by molar-refractivity contribution is 8.14. The van der Waals surface area contributed by atoms with Crippen LogP contribution in [-0.2, 0) is 4.79 Å². The van der Waals surface area contributed by atoms with Gasteiger partial charge in [-0.15, -0.1) is 11.8 Å². The van der Waals surface area contributed by atoms with Gasteiger partial charge in [0.05, 0.1) is 21.4 Å². The molecule has 1 saturated heterocycles. The largest absolute Gasteiger partial charge is 0.506 e. The molecular formula is C30H41N2O2S2+. The zero-order valence-electron chi connectivity index (χ0n) is 21.8. The Morgan fingerprint density at radius 2 is 1.53 bits per heavy atom. The first-order chi connectivity index (χ1) is 17.5. The SMILES string of the molecule is CN1C(=CC2=C(O)C(=CC3=[N+](C)C4CCC5CCCCC5C4S3)C2=O)SC2C3CCCCC3CCC21. The third-order valence-corrected chi connectivity index (χ3v) is 14.1. The maximum absolute atomic E-state index is 13.2. The topological polar surface area (TPSA) is 43.5 Å². The van der Waals surface area contributed by atoms with Crippen molar-refractivity contribution in [2.75, 3.05) is 14.1 Å². The summed E-state index contributed by atoms with van der Waals surface area (Å²) in [4.78, 5) is 15.7. The van der Waals surface area contributed by atoms with E-state index in [-0.39, 0.29) is 11.5 Å². The number of allylic oxidation sites excluding steroid dienone is 3. The number of ketones is 1. The Balaban J connectivity index is 1.10. The van der Waals surface area contributed by atoms with Crippen LogP contribution < -0.4 is 0 Å². The molecule has 1 N–H and O–H groups in total. The van der Waals surface area contributed by atoms with Gasteiger partial charge in [0, 0.05) is 30.8 Å². The van der Waals surface area contributed by atoms with Crippen LogP contribution in [0.15, 0.2) is 34.1 Å². The number of aliphatic hydroxyl groups is 1. The fourth-order valence-electron chi connectivity index (χ4n) is 8.88. The standard InChI is InChI=1S/C30H40N2O2S2/c1-31-23-13-11-17-7-3-5-9-19(17)29(23)35-25(31)15-21-27(33)22(28(21)34)16-26-32(2)24-14-12-18-8-4-6-10-20(18)30(24)36-26/h15-20,23-24,29-30H,3-14H2,1-2H3/p+1. The number of carbonyl (C=O) groups is 1. The van der Waals surface area contributed by atoms with Crippen LogP contribution >= 0.6 is 23.5 Å². The van der Waals surface area contributed by atoms with Crippen molar-refractivity contribution in [3.63, 3.8) is 0 Å². The Bertz CT molecular complexity index is 1090. The summed E-state index contributed by atoms with van der Waals surface area (Å²) in [5, 5.41) is 14.7. The van der Waals surface area contributed by atoms with Crippen molar-refractivity contribution < 1.29 is 14.5 Å². The second-order valence-electron chi connectivity index (χ2n) is 12.6. The average Bonchev–Trinajstić information content (AvgIpc) is 3.41. The van der Waals surface area contributed by atoms with E-state index in [1.165, 1.54) is 87.1 Å². The van der Waals surface area contributed by atoms with Gasteiger partial charge in [0.15, 0.2) is 6.04 Å². The first-order valence-corrected chi connectivity index (χ1v) is 16.3. The van der Waals surface area contributed by atoms with E-state index >= 15 is 0 Å². The van der Waals surface area contributed by atoms with Gasteiger partial charge in [-0.2, -0.15) is 0 Å². The van der Waals surface area contributed by atoms with Crippen molar-refractivity contribution >= 4 is 34.4 Å². The number of hydrogen-bond donors (Lipinski definition) is 1. The van der Waals surface area contributed by atoms with Gasteiger partial charge < -0.3 is 10.0 Å². The molecule has 4 saturated carbocycles. The number of nitrogens with zero attached hydrogens (tertiary/aromatic N) is 2. The van der Waals surface area contributed by atoms with Crippen LogP contribution in [-0.4, -0.2) is 62.1 Å². The molecule has 0 bridgehead atoms. The van der Waals surface area contributed by atoms with E-state index in [9.17, 15) is 9.90 Å². The molecule has 0 amide bonds. The van der Waals surface area contributed by atoms with Crippen molar-refractivity contribution in [1.29, 1.82) is 0 Å². The molecular weight excluding hydrogens is 484 g/mol. The van der Waals surface area contributed by atoms with E-state index in [0.717, 1.165) is 23.7 Å². The van der Waals surface area contributed by atoms with Gasteiger partial charge in [0.25, 0.3) is 0 Å².